The van der Waals surface area contributed by atoms with Crippen LogP contribution in [0.1, 0.15) is 34.2 Å². The molecule has 0 atom stereocenters. The quantitative estimate of drug-likeness (QED) is 0.396. The number of esters is 1. The molecule has 0 aliphatic carbocycles. The zero-order valence-corrected chi connectivity index (χ0v) is 15.9. The highest BCUT2D eigenvalue weighted by Crippen LogP contribution is 2.21. The first-order valence-electron chi connectivity index (χ1n) is 8.27. The smallest absolute Gasteiger partial charge is 0.340 e. The number of halogens is 1. The molecule has 0 amide bonds. The van der Waals surface area contributed by atoms with E-state index < -0.39 is 11.8 Å². The fraction of sp³-hybridized carbons (Fsp3) is 0.222. The van der Waals surface area contributed by atoms with E-state index in [0.717, 1.165) is 0 Å². The van der Waals surface area contributed by atoms with Crippen molar-refractivity contribution in [1.82, 2.24) is 19.9 Å². The Balaban J connectivity index is 2.01. The summed E-state index contributed by atoms with van der Waals surface area (Å²) in [7, 11) is 0. The second-order valence-electron chi connectivity index (χ2n) is 5.77. The highest BCUT2D eigenvalue weighted by Gasteiger charge is 2.18. The van der Waals surface area contributed by atoms with Crippen molar-refractivity contribution in [2.75, 3.05) is 6.61 Å². The van der Waals surface area contributed by atoms with Gasteiger partial charge in [-0.05, 0) is 50.7 Å². The van der Waals surface area contributed by atoms with Crippen LogP contribution < -0.4 is 0 Å². The number of carbonyl (C=O) groups excluding carboxylic acids is 1. The lowest BCUT2D eigenvalue weighted by molar-refractivity contribution is 0.0525. The zero-order valence-electron chi connectivity index (χ0n) is 15.0. The maximum Gasteiger partial charge on any atom is 0.340 e. The number of hydrogen-bond acceptors (Lipinski definition) is 5. The summed E-state index contributed by atoms with van der Waals surface area (Å²) in [5.74, 6) is -0.573. The highest BCUT2D eigenvalue weighted by atomic mass is 32.1. The van der Waals surface area contributed by atoms with E-state index >= 15 is 0 Å². The van der Waals surface area contributed by atoms with Gasteiger partial charge in [0.05, 0.1) is 29.6 Å². The topological polar surface area (TPSA) is 88.1 Å². The third-order valence-corrected chi connectivity index (χ3v) is 4.29. The van der Waals surface area contributed by atoms with Crippen LogP contribution in [0.4, 0.5) is 4.39 Å². The second-order valence-corrected chi connectivity index (χ2v) is 6.16. The molecule has 0 fully saturated rings. The van der Waals surface area contributed by atoms with E-state index in [4.69, 9.17) is 17.0 Å². The summed E-state index contributed by atoms with van der Waals surface area (Å²) < 4.78 is 20.7. The number of aromatic amines is 2. The van der Waals surface area contributed by atoms with Crippen molar-refractivity contribution in [1.29, 1.82) is 0 Å². The monoisotopic (exact) mass is 387 g/mol. The van der Waals surface area contributed by atoms with Gasteiger partial charge in [-0.15, -0.1) is 0 Å². The van der Waals surface area contributed by atoms with Crippen molar-refractivity contribution in [2.24, 2.45) is 5.10 Å². The van der Waals surface area contributed by atoms with Crippen LogP contribution in [-0.2, 0) is 4.74 Å². The molecule has 0 aliphatic heterocycles. The Bertz CT molecular complexity index is 1080. The number of aromatic nitrogens is 4. The normalized spacial score (nSPS) is 11.3. The van der Waals surface area contributed by atoms with Crippen LogP contribution in [0, 0.1) is 24.4 Å². The first-order chi connectivity index (χ1) is 12.9. The molecule has 0 unspecified atom stereocenters. The Hall–Kier alpha value is -3.07. The number of aryl methyl sites for hydroxylation is 1. The number of hydrogen-bond donors (Lipinski definition) is 2. The molecule has 2 heterocycles. The van der Waals surface area contributed by atoms with Crippen LogP contribution in [-0.4, -0.2) is 38.6 Å². The number of benzene rings is 1. The molecule has 3 rings (SSSR count). The maximum atomic E-state index is 14.1. The summed E-state index contributed by atoms with van der Waals surface area (Å²) in [5.41, 5.74) is 2.75. The van der Waals surface area contributed by atoms with E-state index in [0.29, 0.717) is 29.1 Å². The Labute approximate surface area is 159 Å². The number of rotatable bonds is 5. The Morgan fingerprint density at radius 3 is 2.85 bits per heavy atom. The third-order valence-electron chi connectivity index (χ3n) is 4.02. The maximum absolute atomic E-state index is 14.1. The molecule has 7 nitrogen and oxygen atoms in total. The Kier molecular flexibility index (Phi) is 5.31. The van der Waals surface area contributed by atoms with Gasteiger partial charge < -0.3 is 9.72 Å². The number of ether oxygens (including phenoxy) is 1. The average molecular weight is 387 g/mol. The van der Waals surface area contributed by atoms with Crippen LogP contribution in [0.25, 0.3) is 11.4 Å². The van der Waals surface area contributed by atoms with Gasteiger partial charge in [0.15, 0.2) is 5.82 Å². The summed E-state index contributed by atoms with van der Waals surface area (Å²) in [6.45, 7) is 5.62. The molecule has 2 aromatic heterocycles. The van der Waals surface area contributed by atoms with Crippen LogP contribution in [0.2, 0.25) is 0 Å². The summed E-state index contributed by atoms with van der Waals surface area (Å²) in [6, 6.07) is 6.23. The van der Waals surface area contributed by atoms with Gasteiger partial charge in [0.1, 0.15) is 5.82 Å². The van der Waals surface area contributed by atoms with Gasteiger partial charge in [-0.25, -0.2) is 14.3 Å². The summed E-state index contributed by atoms with van der Waals surface area (Å²) >= 11 is 5.20. The number of nitrogens with zero attached hydrogens (tertiary/aromatic N) is 3. The molecule has 0 spiro atoms. The van der Waals surface area contributed by atoms with Gasteiger partial charge in [0, 0.05) is 5.69 Å². The fourth-order valence-electron chi connectivity index (χ4n) is 2.74. The van der Waals surface area contributed by atoms with E-state index in [1.165, 1.54) is 17.0 Å². The van der Waals surface area contributed by atoms with Gasteiger partial charge >= 0.3 is 5.97 Å². The average Bonchev–Trinajstić information content (AvgIpc) is 3.13. The van der Waals surface area contributed by atoms with Gasteiger partial charge in [0.2, 0.25) is 4.77 Å². The molecule has 3 aromatic rings. The number of nitrogens with one attached hydrogen (secondary N) is 2. The van der Waals surface area contributed by atoms with E-state index in [1.54, 1.807) is 39.0 Å². The van der Waals surface area contributed by atoms with Crippen LogP contribution >= 0.6 is 12.2 Å². The van der Waals surface area contributed by atoms with Crippen molar-refractivity contribution in [3.63, 3.8) is 0 Å². The van der Waals surface area contributed by atoms with E-state index in [1.807, 2.05) is 0 Å². The molecule has 0 bridgehead atoms. The van der Waals surface area contributed by atoms with Crippen molar-refractivity contribution < 1.29 is 13.9 Å². The molecule has 140 valence electrons. The Morgan fingerprint density at radius 2 is 2.15 bits per heavy atom. The van der Waals surface area contributed by atoms with Crippen molar-refractivity contribution in [3.05, 3.63) is 57.4 Å². The second kappa shape index (κ2) is 7.67. The standard InChI is InChI=1S/C18H18FN5O2S/c1-4-26-17(25)15-10(2)14(21-11(15)3)9-20-24-16(22-23-18(24)27)12-7-5-6-8-13(12)19/h5-9,21H,4H2,1-3H3,(H,23,27)/b20-9+. The molecule has 27 heavy (non-hydrogen) atoms. The molecule has 2 N–H and O–H groups in total. The van der Waals surface area contributed by atoms with Crippen LogP contribution in [0.15, 0.2) is 29.4 Å². The number of H-pyrrole nitrogens is 2. The van der Waals surface area contributed by atoms with E-state index in [9.17, 15) is 9.18 Å². The first kappa shape index (κ1) is 18.7. The summed E-state index contributed by atoms with van der Waals surface area (Å²) in [5, 5.41) is 11.0. The lowest BCUT2D eigenvalue weighted by Gasteiger charge is -2.02. The SMILES string of the molecule is CCOC(=O)c1c(C)[nH]c(/C=N/n2c(-c3ccccc3F)n[nH]c2=S)c1C. The van der Waals surface area contributed by atoms with Crippen LogP contribution in [0.3, 0.4) is 0 Å². The molecular weight excluding hydrogens is 369 g/mol. The fourth-order valence-corrected chi connectivity index (χ4v) is 2.92. The van der Waals surface area contributed by atoms with E-state index in [2.05, 4.69) is 20.3 Å². The lowest BCUT2D eigenvalue weighted by atomic mass is 10.1. The van der Waals surface area contributed by atoms with Gasteiger partial charge in [-0.3, -0.25) is 0 Å². The summed E-state index contributed by atoms with van der Waals surface area (Å²) in [4.78, 5) is 15.2. The predicted molar refractivity (Wildman–Crippen MR) is 102 cm³/mol. The highest BCUT2D eigenvalue weighted by molar-refractivity contribution is 7.71. The largest absolute Gasteiger partial charge is 0.462 e. The van der Waals surface area contributed by atoms with Crippen LogP contribution in [0.5, 0.6) is 0 Å². The number of carbonyl (C=O) groups is 1. The first-order valence-corrected chi connectivity index (χ1v) is 8.67. The zero-order chi connectivity index (χ0) is 19.6. The van der Waals surface area contributed by atoms with E-state index in [-0.39, 0.29) is 16.2 Å². The van der Waals surface area contributed by atoms with Crippen molar-refractivity contribution >= 4 is 24.4 Å². The lowest BCUT2D eigenvalue weighted by Crippen LogP contribution is -2.06. The minimum atomic E-state index is -0.431. The third kappa shape index (κ3) is 3.59. The summed E-state index contributed by atoms with van der Waals surface area (Å²) in [6.07, 6.45) is 1.51. The van der Waals surface area contributed by atoms with Crippen molar-refractivity contribution in [2.45, 2.75) is 20.8 Å². The molecular formula is C18H18FN5O2S. The molecule has 0 saturated heterocycles. The molecule has 0 aliphatic rings. The minimum absolute atomic E-state index is 0.219. The minimum Gasteiger partial charge on any atom is -0.462 e. The molecule has 0 saturated carbocycles. The predicted octanol–water partition coefficient (Wildman–Crippen LogP) is 3.75. The Morgan fingerprint density at radius 1 is 1.41 bits per heavy atom. The molecule has 0 radical (unpaired) electrons. The van der Waals surface area contributed by atoms with Gasteiger partial charge in [0.25, 0.3) is 0 Å². The molecule has 9 heteroatoms. The molecule has 1 aromatic carbocycles. The van der Waals surface area contributed by atoms with Crippen molar-refractivity contribution in [3.8, 4) is 11.4 Å². The van der Waals surface area contributed by atoms with Gasteiger partial charge in [-0.1, -0.05) is 12.1 Å². The van der Waals surface area contributed by atoms with Gasteiger partial charge in [-0.2, -0.15) is 14.9 Å².